The van der Waals surface area contributed by atoms with E-state index in [1.165, 1.54) is 0 Å². The summed E-state index contributed by atoms with van der Waals surface area (Å²) in [6, 6.07) is -1.22. The molecule has 5 N–H and O–H groups in total. The second-order valence-corrected chi connectivity index (χ2v) is 1.86. The number of hydrogen-bond donors (Lipinski definition) is 4. The van der Waals surface area contributed by atoms with Gasteiger partial charge in [-0.25, -0.2) is 9.59 Å². The van der Waals surface area contributed by atoms with Gasteiger partial charge in [0.25, 0.3) is 12.1 Å². The third kappa shape index (κ3) is 4.36. The smallest absolute Gasteiger partial charge is 0.336 e. The molecule has 0 fully saturated rings. The molecule has 0 aliphatic rings. The zero-order valence-electron chi connectivity index (χ0n) is 5.84. The fourth-order valence-electron chi connectivity index (χ4n) is 0.413. The van der Waals surface area contributed by atoms with Crippen molar-refractivity contribution in [2.45, 2.75) is 5.97 Å². The molecule has 0 atom stereocenters. The molecule has 0 heterocycles. The summed E-state index contributed by atoms with van der Waals surface area (Å²) in [7, 11) is 0. The van der Waals surface area contributed by atoms with Crippen LogP contribution in [0.3, 0.4) is 0 Å². The van der Waals surface area contributed by atoms with Gasteiger partial charge in [0.1, 0.15) is 6.54 Å². The van der Waals surface area contributed by atoms with Gasteiger partial charge >= 0.3 is 6.03 Å². The lowest BCUT2D eigenvalue weighted by molar-refractivity contribution is -0.314. The van der Waals surface area contributed by atoms with E-state index in [0.29, 0.717) is 0 Å². The standard InChI is InChI=1S/C4H7N3O5/c5-3(9)7(6-2-8)1-4(10,11)12/h10-12H,1H2,(H2,5,9). The number of carbonyl (C=O) groups is 1. The molecule has 0 aliphatic heterocycles. The molecule has 0 aromatic heterocycles. The zero-order valence-corrected chi connectivity index (χ0v) is 5.84. The van der Waals surface area contributed by atoms with Crippen molar-refractivity contribution in [3.05, 3.63) is 0 Å². The van der Waals surface area contributed by atoms with Crippen molar-refractivity contribution in [2.75, 3.05) is 6.54 Å². The summed E-state index contributed by atoms with van der Waals surface area (Å²) in [5, 5.41) is 27.8. The molecule has 0 unspecified atom stereocenters. The number of rotatable bonds is 3. The number of nitrogens with two attached hydrogens (primary N) is 1. The number of hydrazone groups is 1. The topological polar surface area (TPSA) is 136 Å². The highest BCUT2D eigenvalue weighted by Crippen LogP contribution is 1.98. The van der Waals surface area contributed by atoms with E-state index in [0.717, 1.165) is 6.08 Å². The van der Waals surface area contributed by atoms with Crippen LogP contribution in [0, 0.1) is 0 Å². The van der Waals surface area contributed by atoms with E-state index in [1.54, 1.807) is 0 Å². The van der Waals surface area contributed by atoms with Crippen molar-refractivity contribution < 1.29 is 24.9 Å². The number of aliphatic hydroxyl groups is 3. The van der Waals surface area contributed by atoms with E-state index >= 15 is 0 Å². The van der Waals surface area contributed by atoms with Crippen LogP contribution in [0.5, 0.6) is 0 Å². The summed E-state index contributed by atoms with van der Waals surface area (Å²) in [6.07, 6.45) is 0.938. The second kappa shape index (κ2) is 3.79. The highest BCUT2D eigenvalue weighted by Gasteiger charge is 2.25. The van der Waals surface area contributed by atoms with Crippen LogP contribution in [0.2, 0.25) is 0 Å². The Labute approximate surface area is 66.5 Å². The highest BCUT2D eigenvalue weighted by molar-refractivity contribution is 5.72. The lowest BCUT2D eigenvalue weighted by atomic mass is 10.5. The van der Waals surface area contributed by atoms with Crippen LogP contribution in [0.15, 0.2) is 5.10 Å². The predicted molar refractivity (Wildman–Crippen MR) is 33.8 cm³/mol. The Bertz CT molecular complexity index is 213. The first-order chi connectivity index (χ1) is 5.37. The number of primary amides is 1. The summed E-state index contributed by atoms with van der Waals surface area (Å²) >= 11 is 0. The van der Waals surface area contributed by atoms with Crippen LogP contribution in [0.25, 0.3) is 0 Å². The predicted octanol–water partition coefficient (Wildman–Crippen LogP) is -2.75. The average Bonchev–Trinajstić information content (AvgIpc) is 1.83. The first kappa shape index (κ1) is 10.5. The molecule has 0 rings (SSSR count). The Morgan fingerprint density at radius 2 is 2.08 bits per heavy atom. The fourth-order valence-corrected chi connectivity index (χ4v) is 0.413. The minimum atomic E-state index is -3.14. The van der Waals surface area contributed by atoms with E-state index in [4.69, 9.17) is 15.3 Å². The highest BCUT2D eigenvalue weighted by atomic mass is 16.7. The average molecular weight is 177 g/mol. The van der Waals surface area contributed by atoms with Gasteiger partial charge in [-0.2, -0.15) is 5.01 Å². The van der Waals surface area contributed by atoms with Gasteiger partial charge in [-0.1, -0.05) is 5.10 Å². The minimum absolute atomic E-state index is 0.146. The molecule has 8 heteroatoms. The number of hydrogen-bond acceptors (Lipinski definition) is 6. The Hall–Kier alpha value is -1.47. The maximum atomic E-state index is 10.3. The van der Waals surface area contributed by atoms with E-state index in [1.807, 2.05) is 0 Å². The van der Waals surface area contributed by atoms with Gasteiger partial charge in [0.05, 0.1) is 0 Å². The maximum absolute atomic E-state index is 10.3. The molecule has 12 heavy (non-hydrogen) atoms. The Morgan fingerprint density at radius 3 is 2.33 bits per heavy atom. The minimum Gasteiger partial charge on any atom is -0.350 e. The number of amides is 2. The van der Waals surface area contributed by atoms with Crippen molar-refractivity contribution in [2.24, 2.45) is 10.8 Å². The molecule has 0 spiro atoms. The van der Waals surface area contributed by atoms with Gasteiger partial charge < -0.3 is 21.1 Å². The molecule has 0 saturated carbocycles. The van der Waals surface area contributed by atoms with Gasteiger partial charge in [-0.15, -0.1) is 0 Å². The van der Waals surface area contributed by atoms with Gasteiger partial charge in [0, 0.05) is 0 Å². The third-order valence-electron chi connectivity index (χ3n) is 0.778. The molecular formula is C4H7N3O5. The molecule has 0 aromatic rings. The van der Waals surface area contributed by atoms with Crippen molar-refractivity contribution in [3.63, 3.8) is 0 Å². The molecule has 0 radical (unpaired) electrons. The molecule has 0 bridgehead atoms. The number of isocyanates is 1. The van der Waals surface area contributed by atoms with Gasteiger partial charge in [-0.3, -0.25) is 0 Å². The van der Waals surface area contributed by atoms with Crippen molar-refractivity contribution in [1.29, 1.82) is 0 Å². The van der Waals surface area contributed by atoms with Crippen molar-refractivity contribution in [3.8, 4) is 0 Å². The second-order valence-electron chi connectivity index (χ2n) is 1.86. The number of urea groups is 1. The lowest BCUT2D eigenvalue weighted by Crippen LogP contribution is -2.45. The summed E-state index contributed by atoms with van der Waals surface area (Å²) in [6.45, 7) is -1.03. The van der Waals surface area contributed by atoms with E-state index in [9.17, 15) is 9.59 Å². The Kier molecular flexibility index (Phi) is 3.32. The molecular weight excluding hydrogens is 170 g/mol. The number of carbonyl (C=O) groups excluding carboxylic acids is 2. The van der Waals surface area contributed by atoms with Crippen LogP contribution >= 0.6 is 0 Å². The number of nitrogens with zero attached hydrogens (tertiary/aromatic N) is 2. The largest absolute Gasteiger partial charge is 0.350 e. The van der Waals surface area contributed by atoms with Crippen LogP contribution in [-0.2, 0) is 4.79 Å². The Morgan fingerprint density at radius 1 is 1.58 bits per heavy atom. The zero-order chi connectivity index (χ0) is 9.78. The molecule has 0 aliphatic carbocycles. The van der Waals surface area contributed by atoms with E-state index in [-0.39, 0.29) is 5.01 Å². The summed E-state index contributed by atoms with van der Waals surface area (Å²) in [4.78, 5) is 19.9. The summed E-state index contributed by atoms with van der Waals surface area (Å²) in [5.41, 5.74) is 4.61. The van der Waals surface area contributed by atoms with Gasteiger partial charge in [-0.05, 0) is 0 Å². The summed E-state index contributed by atoms with van der Waals surface area (Å²) < 4.78 is 0. The SMILES string of the molecule is NC(=O)N(CC(O)(O)O)N=C=O. The van der Waals surface area contributed by atoms with Crippen molar-refractivity contribution in [1.82, 2.24) is 5.01 Å². The molecule has 8 nitrogen and oxygen atoms in total. The molecule has 68 valence electrons. The quantitative estimate of drug-likeness (QED) is 0.160. The normalized spacial score (nSPS) is 10.2. The van der Waals surface area contributed by atoms with Crippen LogP contribution < -0.4 is 5.73 Å². The monoisotopic (exact) mass is 177 g/mol. The first-order valence-corrected chi connectivity index (χ1v) is 2.68. The molecule has 0 saturated heterocycles. The maximum Gasteiger partial charge on any atom is 0.336 e. The van der Waals surface area contributed by atoms with E-state index in [2.05, 4.69) is 10.8 Å². The summed E-state index contributed by atoms with van der Waals surface area (Å²) in [5.74, 6) is -3.14. The van der Waals surface area contributed by atoms with E-state index < -0.39 is 18.5 Å². The fraction of sp³-hybridized carbons (Fsp3) is 0.500. The van der Waals surface area contributed by atoms with Crippen molar-refractivity contribution >= 4 is 12.1 Å². The Balaban J connectivity index is 4.34. The van der Waals surface area contributed by atoms with Gasteiger partial charge in [0.2, 0.25) is 0 Å². The lowest BCUT2D eigenvalue weighted by Gasteiger charge is -2.18. The van der Waals surface area contributed by atoms with Crippen LogP contribution in [0.4, 0.5) is 4.79 Å². The molecule has 0 aromatic carbocycles. The third-order valence-corrected chi connectivity index (χ3v) is 0.778. The first-order valence-electron chi connectivity index (χ1n) is 2.68. The van der Waals surface area contributed by atoms with Crippen LogP contribution in [-0.4, -0.2) is 45.0 Å². The molecule has 2 amide bonds. The van der Waals surface area contributed by atoms with Crippen LogP contribution in [0.1, 0.15) is 0 Å². The van der Waals surface area contributed by atoms with Gasteiger partial charge in [0.15, 0.2) is 0 Å².